The van der Waals surface area contributed by atoms with Gasteiger partial charge in [-0.1, -0.05) is 0 Å². The lowest BCUT2D eigenvalue weighted by Crippen LogP contribution is -2.15. The molecule has 0 radical (unpaired) electrons. The van der Waals surface area contributed by atoms with Gasteiger partial charge in [-0.15, -0.1) is 11.3 Å². The Hall–Kier alpha value is -2.66. The second-order valence-corrected chi connectivity index (χ2v) is 4.51. The fourth-order valence-electron chi connectivity index (χ4n) is 1.46. The van der Waals surface area contributed by atoms with E-state index in [1.54, 1.807) is 18.5 Å². The quantitative estimate of drug-likeness (QED) is 0.884. The molecular formula is C12H11N5O2S. The first kappa shape index (κ1) is 13.8. The maximum Gasteiger partial charge on any atom is 0.276 e. The van der Waals surface area contributed by atoms with Crippen molar-refractivity contribution in [1.82, 2.24) is 9.97 Å². The minimum atomic E-state index is -0.461. The number of aromatic nitrogens is 2. The summed E-state index contributed by atoms with van der Waals surface area (Å²) in [5, 5.41) is 13.8. The Morgan fingerprint density at radius 2 is 2.45 bits per heavy atom. The van der Waals surface area contributed by atoms with E-state index < -0.39 is 5.91 Å². The van der Waals surface area contributed by atoms with E-state index in [2.05, 4.69) is 15.3 Å². The molecule has 20 heavy (non-hydrogen) atoms. The summed E-state index contributed by atoms with van der Waals surface area (Å²) >= 11 is 1.29. The van der Waals surface area contributed by atoms with Crippen molar-refractivity contribution in [2.24, 2.45) is 0 Å². The number of ether oxygens (including phenoxy) is 1. The molecule has 2 aromatic heterocycles. The molecule has 0 bridgehead atoms. The third-order valence-electron chi connectivity index (χ3n) is 2.30. The molecular weight excluding hydrogens is 278 g/mol. The van der Waals surface area contributed by atoms with Gasteiger partial charge in [-0.05, 0) is 13.0 Å². The summed E-state index contributed by atoms with van der Waals surface area (Å²) in [7, 11) is 0. The number of nitrogen functional groups attached to an aromatic ring is 1. The molecule has 0 atom stereocenters. The number of anilines is 2. The van der Waals surface area contributed by atoms with Gasteiger partial charge in [-0.2, -0.15) is 5.26 Å². The molecule has 2 heterocycles. The van der Waals surface area contributed by atoms with Crippen LogP contribution in [0.15, 0.2) is 17.6 Å². The van der Waals surface area contributed by atoms with E-state index in [4.69, 9.17) is 15.7 Å². The Balaban J connectivity index is 2.32. The first-order valence-electron chi connectivity index (χ1n) is 5.70. The second-order valence-electron chi connectivity index (χ2n) is 3.61. The first-order chi connectivity index (χ1) is 9.65. The van der Waals surface area contributed by atoms with Crippen LogP contribution >= 0.6 is 11.3 Å². The minimum absolute atomic E-state index is 0.0549. The molecule has 0 aliphatic carbocycles. The Morgan fingerprint density at radius 3 is 3.05 bits per heavy atom. The molecule has 0 aliphatic rings. The van der Waals surface area contributed by atoms with E-state index in [1.165, 1.54) is 17.4 Å². The standard InChI is InChI=1S/C12H11N5O2S/c1-2-19-11-7(6-13)8(14)5-9(16-11)10(18)17-12-15-3-4-20-12/h3-5H,2H2,1H3,(H2,14,16)(H,15,17,18). The molecule has 0 aromatic carbocycles. The van der Waals surface area contributed by atoms with Crippen molar-refractivity contribution < 1.29 is 9.53 Å². The molecule has 102 valence electrons. The van der Waals surface area contributed by atoms with E-state index in [1.807, 2.05) is 6.07 Å². The fraction of sp³-hybridized carbons (Fsp3) is 0.167. The van der Waals surface area contributed by atoms with Crippen LogP contribution < -0.4 is 15.8 Å². The van der Waals surface area contributed by atoms with E-state index in [0.717, 1.165) is 0 Å². The van der Waals surface area contributed by atoms with Crippen LogP contribution in [0.4, 0.5) is 10.8 Å². The molecule has 7 nitrogen and oxygen atoms in total. The average Bonchev–Trinajstić information content (AvgIpc) is 2.91. The van der Waals surface area contributed by atoms with E-state index in [0.29, 0.717) is 11.7 Å². The first-order valence-corrected chi connectivity index (χ1v) is 6.58. The Labute approximate surface area is 119 Å². The number of rotatable bonds is 4. The van der Waals surface area contributed by atoms with Gasteiger partial charge in [0.05, 0.1) is 12.3 Å². The highest BCUT2D eigenvalue weighted by Crippen LogP contribution is 2.23. The van der Waals surface area contributed by atoms with Crippen molar-refractivity contribution in [3.05, 3.63) is 28.9 Å². The predicted molar refractivity (Wildman–Crippen MR) is 74.6 cm³/mol. The molecule has 0 fully saturated rings. The van der Waals surface area contributed by atoms with Gasteiger partial charge in [0.2, 0.25) is 5.88 Å². The molecule has 0 aliphatic heterocycles. The summed E-state index contributed by atoms with van der Waals surface area (Å²) in [4.78, 5) is 20.0. The van der Waals surface area contributed by atoms with Crippen LogP contribution in [0.25, 0.3) is 0 Å². The monoisotopic (exact) mass is 289 g/mol. The van der Waals surface area contributed by atoms with Crippen molar-refractivity contribution in [3.63, 3.8) is 0 Å². The number of nitriles is 1. The molecule has 2 rings (SSSR count). The SMILES string of the molecule is CCOc1nc(C(=O)Nc2nccs2)cc(N)c1C#N. The van der Waals surface area contributed by atoms with Gasteiger partial charge in [-0.25, -0.2) is 9.97 Å². The smallest absolute Gasteiger partial charge is 0.276 e. The minimum Gasteiger partial charge on any atom is -0.477 e. The van der Waals surface area contributed by atoms with E-state index in [9.17, 15) is 4.79 Å². The van der Waals surface area contributed by atoms with Gasteiger partial charge in [0.25, 0.3) is 5.91 Å². The van der Waals surface area contributed by atoms with Gasteiger partial charge >= 0.3 is 0 Å². The van der Waals surface area contributed by atoms with Crippen LogP contribution in [0.1, 0.15) is 23.0 Å². The van der Waals surface area contributed by atoms with Crippen molar-refractivity contribution in [2.75, 3.05) is 17.7 Å². The summed E-state index contributed by atoms with van der Waals surface area (Å²) in [5.74, 6) is -0.406. The van der Waals surface area contributed by atoms with Crippen LogP contribution in [0.2, 0.25) is 0 Å². The largest absolute Gasteiger partial charge is 0.477 e. The summed E-state index contributed by atoms with van der Waals surface area (Å²) in [6.45, 7) is 2.07. The third-order valence-corrected chi connectivity index (χ3v) is 2.98. The average molecular weight is 289 g/mol. The van der Waals surface area contributed by atoms with Gasteiger partial charge in [0.1, 0.15) is 17.3 Å². The Kier molecular flexibility index (Phi) is 4.12. The zero-order valence-corrected chi connectivity index (χ0v) is 11.4. The topological polar surface area (TPSA) is 114 Å². The van der Waals surface area contributed by atoms with Crippen LogP contribution in [0.5, 0.6) is 5.88 Å². The number of pyridine rings is 1. The van der Waals surface area contributed by atoms with Crippen LogP contribution in [-0.2, 0) is 0 Å². The van der Waals surface area contributed by atoms with Crippen molar-refractivity contribution >= 4 is 28.1 Å². The van der Waals surface area contributed by atoms with E-state index >= 15 is 0 Å². The Morgan fingerprint density at radius 1 is 1.65 bits per heavy atom. The fourth-order valence-corrected chi connectivity index (χ4v) is 1.98. The number of nitrogens with zero attached hydrogens (tertiary/aromatic N) is 3. The van der Waals surface area contributed by atoms with Gasteiger partial charge < -0.3 is 10.5 Å². The van der Waals surface area contributed by atoms with Gasteiger partial charge in [0.15, 0.2) is 5.13 Å². The second kappa shape index (κ2) is 5.99. The normalized spacial score (nSPS) is 9.80. The molecule has 0 saturated heterocycles. The zero-order valence-electron chi connectivity index (χ0n) is 10.6. The highest BCUT2D eigenvalue weighted by Gasteiger charge is 2.16. The molecule has 1 amide bonds. The molecule has 2 aromatic rings. The van der Waals surface area contributed by atoms with Crippen molar-refractivity contribution in [1.29, 1.82) is 5.26 Å². The summed E-state index contributed by atoms with van der Waals surface area (Å²) in [6, 6.07) is 3.24. The van der Waals surface area contributed by atoms with Crippen LogP contribution in [0.3, 0.4) is 0 Å². The summed E-state index contributed by atoms with van der Waals surface area (Å²) in [6.07, 6.45) is 1.58. The van der Waals surface area contributed by atoms with Crippen molar-refractivity contribution in [3.8, 4) is 11.9 Å². The van der Waals surface area contributed by atoms with Crippen LogP contribution in [-0.4, -0.2) is 22.5 Å². The maximum absolute atomic E-state index is 12.0. The number of thiazole rings is 1. The summed E-state index contributed by atoms with van der Waals surface area (Å²) in [5.41, 5.74) is 6.08. The zero-order chi connectivity index (χ0) is 14.5. The van der Waals surface area contributed by atoms with Gasteiger partial charge in [0, 0.05) is 11.6 Å². The van der Waals surface area contributed by atoms with E-state index in [-0.39, 0.29) is 22.8 Å². The number of carbonyl (C=O) groups excluding carboxylic acids is 1. The molecule has 0 saturated carbocycles. The maximum atomic E-state index is 12.0. The molecule has 3 N–H and O–H groups in total. The predicted octanol–water partition coefficient (Wildman–Crippen LogP) is 1.64. The molecule has 0 unspecified atom stereocenters. The lowest BCUT2D eigenvalue weighted by Gasteiger charge is -2.09. The lowest BCUT2D eigenvalue weighted by molar-refractivity contribution is 0.102. The number of nitrogens with two attached hydrogens (primary N) is 1. The Bertz CT molecular complexity index is 663. The number of amides is 1. The van der Waals surface area contributed by atoms with Gasteiger partial charge in [-0.3, -0.25) is 10.1 Å². The number of nitrogens with one attached hydrogen (secondary N) is 1. The molecule has 8 heteroatoms. The number of hydrogen-bond acceptors (Lipinski definition) is 7. The lowest BCUT2D eigenvalue weighted by atomic mass is 10.2. The van der Waals surface area contributed by atoms with Crippen LogP contribution in [0, 0.1) is 11.3 Å². The molecule has 0 spiro atoms. The number of hydrogen-bond donors (Lipinski definition) is 2. The number of carbonyl (C=O) groups is 1. The third kappa shape index (κ3) is 2.84. The summed E-state index contributed by atoms with van der Waals surface area (Å²) < 4.78 is 5.23. The highest BCUT2D eigenvalue weighted by atomic mass is 32.1. The highest BCUT2D eigenvalue weighted by molar-refractivity contribution is 7.13. The van der Waals surface area contributed by atoms with Crippen molar-refractivity contribution in [2.45, 2.75) is 6.92 Å².